The Balaban J connectivity index is 0. The Morgan fingerprint density at radius 3 is 1.49 bits per heavy atom. The van der Waals surface area contributed by atoms with Crippen molar-refractivity contribution in [3.63, 3.8) is 0 Å². The number of carbonyl (C=O) groups excluding carboxylic acids is 4. The molecule has 1 unspecified atom stereocenters. The van der Waals surface area contributed by atoms with Crippen molar-refractivity contribution in [1.82, 2.24) is 0 Å². The highest BCUT2D eigenvalue weighted by Crippen LogP contribution is 2.10. The molecule has 0 aliphatic heterocycles. The van der Waals surface area contributed by atoms with Gasteiger partial charge in [0.1, 0.15) is 13.2 Å². The van der Waals surface area contributed by atoms with Gasteiger partial charge in [0.25, 0.3) is 0 Å². The maximum absolute atomic E-state index is 11.7. The number of hydrogen-bond acceptors (Lipinski definition) is 8. The first-order valence-electron chi connectivity index (χ1n) is 13.3. The summed E-state index contributed by atoms with van der Waals surface area (Å²) in [7, 11) is 0. The van der Waals surface area contributed by atoms with E-state index in [0.29, 0.717) is 13.0 Å². The SMILES string of the molecule is CCCCCCCCCCC(=O)OCC(COC(C)=O)OC(C)=O.CCCCCCCOC(C)=O. The van der Waals surface area contributed by atoms with E-state index in [1.807, 2.05) is 0 Å². The molecule has 0 aliphatic rings. The van der Waals surface area contributed by atoms with E-state index < -0.39 is 18.0 Å². The van der Waals surface area contributed by atoms with E-state index >= 15 is 0 Å². The van der Waals surface area contributed by atoms with Gasteiger partial charge in [-0.2, -0.15) is 0 Å². The molecule has 0 spiro atoms. The minimum Gasteiger partial charge on any atom is -0.466 e. The summed E-state index contributed by atoms with van der Waals surface area (Å²) in [6, 6.07) is 0. The summed E-state index contributed by atoms with van der Waals surface area (Å²) in [6.45, 7) is 8.74. The molecule has 1 atom stereocenters. The smallest absolute Gasteiger partial charge is 0.305 e. The highest BCUT2D eigenvalue weighted by molar-refractivity contribution is 5.69. The van der Waals surface area contributed by atoms with Crippen LogP contribution in [0.2, 0.25) is 0 Å². The van der Waals surface area contributed by atoms with Gasteiger partial charge in [-0.3, -0.25) is 19.2 Å². The molecule has 0 N–H and O–H groups in total. The molecule has 0 aromatic carbocycles. The van der Waals surface area contributed by atoms with Crippen LogP contribution in [-0.2, 0) is 38.1 Å². The fourth-order valence-corrected chi connectivity index (χ4v) is 3.14. The van der Waals surface area contributed by atoms with E-state index in [9.17, 15) is 19.2 Å². The van der Waals surface area contributed by atoms with Gasteiger partial charge in [0.15, 0.2) is 6.10 Å². The number of unbranched alkanes of at least 4 members (excludes halogenated alkanes) is 11. The monoisotopic (exact) mass is 502 g/mol. The zero-order valence-corrected chi connectivity index (χ0v) is 22.9. The van der Waals surface area contributed by atoms with E-state index in [0.717, 1.165) is 25.7 Å². The van der Waals surface area contributed by atoms with Gasteiger partial charge < -0.3 is 18.9 Å². The lowest BCUT2D eigenvalue weighted by Gasteiger charge is -2.16. The van der Waals surface area contributed by atoms with Crippen LogP contribution in [0.1, 0.15) is 125 Å². The lowest BCUT2D eigenvalue weighted by molar-refractivity contribution is -0.164. The van der Waals surface area contributed by atoms with Crippen LogP contribution in [0, 0.1) is 0 Å². The second-order valence-electron chi connectivity index (χ2n) is 8.70. The van der Waals surface area contributed by atoms with Crippen molar-refractivity contribution in [2.75, 3.05) is 19.8 Å². The average Bonchev–Trinajstić information content (AvgIpc) is 2.79. The molecule has 0 amide bonds. The van der Waals surface area contributed by atoms with Gasteiger partial charge in [-0.15, -0.1) is 0 Å². The maximum atomic E-state index is 11.7. The van der Waals surface area contributed by atoms with Gasteiger partial charge in [-0.1, -0.05) is 84.5 Å². The van der Waals surface area contributed by atoms with Gasteiger partial charge in [0.05, 0.1) is 6.61 Å². The number of carbonyl (C=O) groups is 4. The molecule has 0 aromatic heterocycles. The van der Waals surface area contributed by atoms with E-state index in [2.05, 4.69) is 13.8 Å². The quantitative estimate of drug-likeness (QED) is 0.112. The van der Waals surface area contributed by atoms with Gasteiger partial charge >= 0.3 is 23.9 Å². The van der Waals surface area contributed by atoms with Crippen LogP contribution in [-0.4, -0.2) is 49.8 Å². The summed E-state index contributed by atoms with van der Waals surface area (Å²) in [6.07, 6.45) is 14.9. The molecule has 206 valence electrons. The Bertz CT molecular complexity index is 547. The molecule has 8 heteroatoms. The van der Waals surface area contributed by atoms with Crippen LogP contribution in [0.3, 0.4) is 0 Å². The molecule has 0 bridgehead atoms. The fourth-order valence-electron chi connectivity index (χ4n) is 3.14. The third kappa shape index (κ3) is 31.9. The van der Waals surface area contributed by atoms with Crippen molar-refractivity contribution in [3.8, 4) is 0 Å². The lowest BCUT2D eigenvalue weighted by atomic mass is 10.1. The third-order valence-electron chi connectivity index (χ3n) is 5.02. The maximum Gasteiger partial charge on any atom is 0.305 e. The standard InChI is InChI=1S/C18H32O6.C9H18O2/c1-4-5-6-7-8-9-10-11-12-18(21)23-14-17(24-16(3)20)13-22-15(2)19;1-3-4-5-6-7-8-11-9(2)10/h17H,4-14H2,1-3H3;3-8H2,1-2H3. The molecule has 0 saturated carbocycles. The molecule has 0 fully saturated rings. The Labute approximate surface area is 212 Å². The van der Waals surface area contributed by atoms with Crippen molar-refractivity contribution in [2.24, 2.45) is 0 Å². The molecule has 0 rings (SSSR count). The van der Waals surface area contributed by atoms with Crippen LogP contribution in [0.25, 0.3) is 0 Å². The predicted molar refractivity (Wildman–Crippen MR) is 136 cm³/mol. The van der Waals surface area contributed by atoms with E-state index in [1.54, 1.807) is 0 Å². The largest absolute Gasteiger partial charge is 0.466 e. The first kappa shape index (κ1) is 35.0. The van der Waals surface area contributed by atoms with Crippen molar-refractivity contribution < 1.29 is 38.1 Å². The Morgan fingerprint density at radius 1 is 0.543 bits per heavy atom. The fraction of sp³-hybridized carbons (Fsp3) is 0.852. The highest BCUT2D eigenvalue weighted by atomic mass is 16.6. The molecular weight excluding hydrogens is 452 g/mol. The van der Waals surface area contributed by atoms with E-state index in [4.69, 9.17) is 18.9 Å². The first-order valence-corrected chi connectivity index (χ1v) is 13.3. The van der Waals surface area contributed by atoms with Gasteiger partial charge in [-0.25, -0.2) is 0 Å². The molecule has 0 saturated heterocycles. The van der Waals surface area contributed by atoms with Gasteiger partial charge in [0.2, 0.25) is 0 Å². The molecule has 8 nitrogen and oxygen atoms in total. The van der Waals surface area contributed by atoms with Crippen molar-refractivity contribution in [3.05, 3.63) is 0 Å². The van der Waals surface area contributed by atoms with Crippen LogP contribution in [0.15, 0.2) is 0 Å². The molecule has 0 aromatic rings. The summed E-state index contributed by atoms with van der Waals surface area (Å²) in [5, 5.41) is 0. The van der Waals surface area contributed by atoms with Crippen LogP contribution in [0.4, 0.5) is 0 Å². The molecular formula is C27H50O8. The summed E-state index contributed by atoms with van der Waals surface area (Å²) >= 11 is 0. The summed E-state index contributed by atoms with van der Waals surface area (Å²) in [5.41, 5.74) is 0. The topological polar surface area (TPSA) is 105 Å². The minimum absolute atomic E-state index is 0.0945. The number of ether oxygens (including phenoxy) is 4. The Morgan fingerprint density at radius 2 is 1.00 bits per heavy atom. The Hall–Kier alpha value is -2.12. The van der Waals surface area contributed by atoms with Crippen LogP contribution in [0.5, 0.6) is 0 Å². The first-order chi connectivity index (χ1) is 16.7. The number of rotatable bonds is 20. The zero-order valence-electron chi connectivity index (χ0n) is 22.9. The molecule has 0 aliphatic carbocycles. The second kappa shape index (κ2) is 26.5. The average molecular weight is 503 g/mol. The minimum atomic E-state index is -0.756. The van der Waals surface area contributed by atoms with Gasteiger partial charge in [0, 0.05) is 27.2 Å². The van der Waals surface area contributed by atoms with Crippen molar-refractivity contribution in [1.29, 1.82) is 0 Å². The molecule has 0 heterocycles. The summed E-state index contributed by atoms with van der Waals surface area (Å²) in [4.78, 5) is 43.8. The van der Waals surface area contributed by atoms with Crippen LogP contribution >= 0.6 is 0 Å². The van der Waals surface area contributed by atoms with Crippen molar-refractivity contribution in [2.45, 2.75) is 131 Å². The van der Waals surface area contributed by atoms with Crippen LogP contribution < -0.4 is 0 Å². The highest BCUT2D eigenvalue weighted by Gasteiger charge is 2.16. The zero-order chi connectivity index (χ0) is 26.7. The van der Waals surface area contributed by atoms with Gasteiger partial charge in [-0.05, 0) is 12.8 Å². The molecule has 0 radical (unpaired) electrons. The van der Waals surface area contributed by atoms with Crippen molar-refractivity contribution >= 4 is 23.9 Å². The van der Waals surface area contributed by atoms with E-state index in [1.165, 1.54) is 78.6 Å². The summed E-state index contributed by atoms with van der Waals surface area (Å²) < 4.78 is 19.6. The number of esters is 4. The second-order valence-corrected chi connectivity index (χ2v) is 8.70. The lowest BCUT2D eigenvalue weighted by Crippen LogP contribution is -2.29. The predicted octanol–water partition coefficient (Wildman–Crippen LogP) is 6.08. The third-order valence-corrected chi connectivity index (χ3v) is 5.02. The number of hydrogen-bond donors (Lipinski definition) is 0. The Kier molecular flexibility index (Phi) is 26.5. The normalized spacial score (nSPS) is 11.0. The van der Waals surface area contributed by atoms with E-state index in [-0.39, 0.29) is 25.2 Å². The summed E-state index contributed by atoms with van der Waals surface area (Å²) in [5.74, 6) is -1.47. The molecule has 35 heavy (non-hydrogen) atoms.